The Morgan fingerprint density at radius 1 is 1.23 bits per heavy atom. The quantitative estimate of drug-likeness (QED) is 0.771. The van der Waals surface area contributed by atoms with Gasteiger partial charge in [0, 0.05) is 23.5 Å². The smallest absolute Gasteiger partial charge is 0.251 e. The van der Waals surface area contributed by atoms with Crippen molar-refractivity contribution in [3.05, 3.63) is 65.7 Å². The van der Waals surface area contributed by atoms with Crippen LogP contribution >= 0.6 is 0 Å². The minimum absolute atomic E-state index is 0.134. The van der Waals surface area contributed by atoms with Gasteiger partial charge in [-0.1, -0.05) is 17.7 Å². The largest absolute Gasteiger partial charge is 0.345 e. The lowest BCUT2D eigenvalue weighted by molar-refractivity contribution is 0.0950. The molecule has 6 nitrogen and oxygen atoms in total. The molecule has 2 heterocycles. The summed E-state index contributed by atoms with van der Waals surface area (Å²) in [5, 5.41) is 9.78. The van der Waals surface area contributed by atoms with Gasteiger partial charge in [-0.3, -0.25) is 14.9 Å². The molecule has 0 atom stereocenters. The number of amides is 1. The van der Waals surface area contributed by atoms with E-state index in [4.69, 9.17) is 0 Å². The standard InChI is InChI=1S/C16H15N5O/c1-11-3-2-4-13(9-11)16(22)18-10-14-19-15(21-20-14)12-5-7-17-8-6-12/h2-9H,10H2,1H3,(H,18,22)(H,19,20,21). The normalized spacial score (nSPS) is 10.4. The van der Waals surface area contributed by atoms with Crippen LogP contribution in [0.25, 0.3) is 11.4 Å². The lowest BCUT2D eigenvalue weighted by Gasteiger charge is -2.03. The Morgan fingerprint density at radius 3 is 2.82 bits per heavy atom. The van der Waals surface area contributed by atoms with E-state index in [-0.39, 0.29) is 5.91 Å². The Bertz CT molecular complexity index is 782. The Morgan fingerprint density at radius 2 is 2.05 bits per heavy atom. The Balaban J connectivity index is 1.65. The minimum Gasteiger partial charge on any atom is -0.345 e. The van der Waals surface area contributed by atoms with Crippen LogP contribution in [0.15, 0.2) is 48.8 Å². The number of hydrogen-bond acceptors (Lipinski definition) is 4. The maximum absolute atomic E-state index is 12.1. The topological polar surface area (TPSA) is 83.6 Å². The second-order valence-corrected chi connectivity index (χ2v) is 4.89. The number of benzene rings is 1. The molecule has 0 aliphatic carbocycles. The highest BCUT2D eigenvalue weighted by Crippen LogP contribution is 2.12. The summed E-state index contributed by atoms with van der Waals surface area (Å²) in [4.78, 5) is 20.4. The predicted molar refractivity (Wildman–Crippen MR) is 82.0 cm³/mol. The molecule has 0 aliphatic rings. The molecular formula is C16H15N5O. The number of rotatable bonds is 4. The highest BCUT2D eigenvalue weighted by atomic mass is 16.1. The molecule has 0 aliphatic heterocycles. The van der Waals surface area contributed by atoms with E-state index < -0.39 is 0 Å². The molecule has 3 aromatic rings. The average molecular weight is 293 g/mol. The number of aromatic nitrogens is 4. The number of hydrogen-bond donors (Lipinski definition) is 2. The van der Waals surface area contributed by atoms with E-state index in [1.165, 1.54) is 0 Å². The van der Waals surface area contributed by atoms with E-state index >= 15 is 0 Å². The Labute approximate surface area is 127 Å². The predicted octanol–water partition coefficient (Wildman–Crippen LogP) is 2.11. The van der Waals surface area contributed by atoms with E-state index in [0.717, 1.165) is 11.1 Å². The van der Waals surface area contributed by atoms with Gasteiger partial charge in [0.2, 0.25) is 0 Å². The van der Waals surface area contributed by atoms with Crippen LogP contribution in [0.5, 0.6) is 0 Å². The Kier molecular flexibility index (Phi) is 3.91. The van der Waals surface area contributed by atoms with Crippen molar-refractivity contribution in [3.63, 3.8) is 0 Å². The highest BCUT2D eigenvalue weighted by Gasteiger charge is 2.08. The third-order valence-corrected chi connectivity index (χ3v) is 3.17. The number of carbonyl (C=O) groups excluding carboxylic acids is 1. The maximum atomic E-state index is 12.1. The zero-order valence-corrected chi connectivity index (χ0v) is 12.1. The van der Waals surface area contributed by atoms with Crippen molar-refractivity contribution in [2.24, 2.45) is 0 Å². The minimum atomic E-state index is -0.134. The van der Waals surface area contributed by atoms with E-state index in [1.807, 2.05) is 37.3 Å². The van der Waals surface area contributed by atoms with Crippen molar-refractivity contribution in [2.45, 2.75) is 13.5 Å². The summed E-state index contributed by atoms with van der Waals surface area (Å²) >= 11 is 0. The molecule has 2 aromatic heterocycles. The van der Waals surface area contributed by atoms with E-state index in [2.05, 4.69) is 25.5 Å². The summed E-state index contributed by atoms with van der Waals surface area (Å²) in [5.41, 5.74) is 2.56. The molecule has 0 fully saturated rings. The third kappa shape index (κ3) is 3.17. The lowest BCUT2D eigenvalue weighted by Crippen LogP contribution is -2.23. The number of H-pyrrole nitrogens is 1. The van der Waals surface area contributed by atoms with Crippen LogP contribution in [0.4, 0.5) is 0 Å². The van der Waals surface area contributed by atoms with Gasteiger partial charge in [0.15, 0.2) is 5.82 Å². The van der Waals surface area contributed by atoms with E-state index in [1.54, 1.807) is 18.5 Å². The fourth-order valence-electron chi connectivity index (χ4n) is 2.06. The van der Waals surface area contributed by atoms with Gasteiger partial charge in [0.25, 0.3) is 5.91 Å². The van der Waals surface area contributed by atoms with Crippen LogP contribution < -0.4 is 5.32 Å². The van der Waals surface area contributed by atoms with Gasteiger partial charge in [-0.2, -0.15) is 5.10 Å². The molecule has 2 N–H and O–H groups in total. The van der Waals surface area contributed by atoms with Gasteiger partial charge >= 0.3 is 0 Å². The van der Waals surface area contributed by atoms with Crippen molar-refractivity contribution < 1.29 is 4.79 Å². The van der Waals surface area contributed by atoms with Gasteiger partial charge in [-0.25, -0.2) is 4.98 Å². The van der Waals surface area contributed by atoms with Crippen LogP contribution in [-0.4, -0.2) is 26.1 Å². The van der Waals surface area contributed by atoms with Crippen molar-refractivity contribution in [2.75, 3.05) is 0 Å². The van der Waals surface area contributed by atoms with Crippen molar-refractivity contribution in [1.29, 1.82) is 0 Å². The van der Waals surface area contributed by atoms with Crippen molar-refractivity contribution in [1.82, 2.24) is 25.5 Å². The summed E-state index contributed by atoms with van der Waals surface area (Å²) in [6.45, 7) is 2.25. The first-order chi connectivity index (χ1) is 10.7. The van der Waals surface area contributed by atoms with Gasteiger partial charge in [0.1, 0.15) is 5.82 Å². The summed E-state index contributed by atoms with van der Waals surface area (Å²) in [5.74, 6) is 1.06. The zero-order valence-electron chi connectivity index (χ0n) is 12.1. The highest BCUT2D eigenvalue weighted by molar-refractivity contribution is 5.94. The van der Waals surface area contributed by atoms with Crippen molar-refractivity contribution in [3.8, 4) is 11.4 Å². The second-order valence-electron chi connectivity index (χ2n) is 4.89. The SMILES string of the molecule is Cc1cccc(C(=O)NCc2nc(-c3ccncc3)n[nH]2)c1. The zero-order chi connectivity index (χ0) is 15.4. The van der Waals surface area contributed by atoms with Crippen LogP contribution in [0.1, 0.15) is 21.7 Å². The van der Waals surface area contributed by atoms with Crippen molar-refractivity contribution >= 4 is 5.91 Å². The summed E-state index contributed by atoms with van der Waals surface area (Å²) < 4.78 is 0. The summed E-state index contributed by atoms with van der Waals surface area (Å²) in [6, 6.07) is 11.1. The first kappa shape index (κ1) is 13.9. The van der Waals surface area contributed by atoms with Crippen LogP contribution in [0.3, 0.4) is 0 Å². The lowest BCUT2D eigenvalue weighted by atomic mass is 10.1. The molecular weight excluding hydrogens is 278 g/mol. The van der Waals surface area contributed by atoms with Crippen LogP contribution in [-0.2, 0) is 6.54 Å². The average Bonchev–Trinajstić information content (AvgIpc) is 3.02. The van der Waals surface area contributed by atoms with Gasteiger partial charge in [-0.15, -0.1) is 0 Å². The number of aromatic amines is 1. The van der Waals surface area contributed by atoms with E-state index in [0.29, 0.717) is 23.8 Å². The molecule has 0 unspecified atom stereocenters. The number of carbonyl (C=O) groups is 1. The monoisotopic (exact) mass is 293 g/mol. The molecule has 6 heteroatoms. The van der Waals surface area contributed by atoms with Gasteiger partial charge in [-0.05, 0) is 31.2 Å². The molecule has 0 saturated carbocycles. The van der Waals surface area contributed by atoms with Gasteiger partial charge in [0.05, 0.1) is 6.54 Å². The summed E-state index contributed by atoms with van der Waals surface area (Å²) in [6.07, 6.45) is 3.37. The summed E-state index contributed by atoms with van der Waals surface area (Å²) in [7, 11) is 0. The first-order valence-corrected chi connectivity index (χ1v) is 6.89. The van der Waals surface area contributed by atoms with E-state index in [9.17, 15) is 4.79 Å². The van der Waals surface area contributed by atoms with Crippen LogP contribution in [0, 0.1) is 6.92 Å². The number of nitrogens with zero attached hydrogens (tertiary/aromatic N) is 3. The molecule has 0 radical (unpaired) electrons. The fourth-order valence-corrected chi connectivity index (χ4v) is 2.06. The molecule has 1 amide bonds. The third-order valence-electron chi connectivity index (χ3n) is 3.17. The number of pyridine rings is 1. The first-order valence-electron chi connectivity index (χ1n) is 6.89. The molecule has 0 bridgehead atoms. The molecule has 1 aromatic carbocycles. The molecule has 22 heavy (non-hydrogen) atoms. The molecule has 3 rings (SSSR count). The number of nitrogens with one attached hydrogen (secondary N) is 2. The maximum Gasteiger partial charge on any atom is 0.251 e. The molecule has 0 saturated heterocycles. The van der Waals surface area contributed by atoms with Gasteiger partial charge < -0.3 is 5.32 Å². The fraction of sp³-hybridized carbons (Fsp3) is 0.125. The number of aryl methyl sites for hydroxylation is 1. The van der Waals surface area contributed by atoms with Crippen LogP contribution in [0.2, 0.25) is 0 Å². The molecule has 110 valence electrons. The molecule has 0 spiro atoms. The second kappa shape index (κ2) is 6.17. The Hall–Kier alpha value is -3.02.